The Kier molecular flexibility index (Phi) is 7.46. The fourth-order valence-electron chi connectivity index (χ4n) is 5.16. The standard InChI is InChI=1S/C29H31ClN4O3/c30-23-10-8-22(9-11-23)29(36)12-16-34(17-13-29)15-3-5-20-18-25-21(19-33-28(31)35)4-1-7-26(25)37-27-24(20)6-2-14-32-27/h1-2,4-11,14,36H,3,12-13,15-19H2,(H3,31,33,35). The minimum Gasteiger partial charge on any atom is -0.438 e. The Morgan fingerprint density at radius 3 is 2.70 bits per heavy atom. The van der Waals surface area contributed by atoms with E-state index in [1.165, 1.54) is 0 Å². The van der Waals surface area contributed by atoms with Crippen LogP contribution < -0.4 is 15.8 Å². The number of nitrogens with two attached hydrogens (primary N) is 1. The van der Waals surface area contributed by atoms with Gasteiger partial charge in [0.25, 0.3) is 0 Å². The van der Waals surface area contributed by atoms with Gasteiger partial charge >= 0.3 is 6.03 Å². The third-order valence-electron chi connectivity index (χ3n) is 7.27. The van der Waals surface area contributed by atoms with Crippen molar-refractivity contribution < 1.29 is 14.6 Å². The number of nitrogens with zero attached hydrogens (tertiary/aromatic N) is 2. The zero-order valence-electron chi connectivity index (χ0n) is 20.6. The summed E-state index contributed by atoms with van der Waals surface area (Å²) in [5.74, 6) is 1.32. The molecule has 3 aromatic rings. The minimum atomic E-state index is -0.804. The highest BCUT2D eigenvalue weighted by molar-refractivity contribution is 6.30. The molecule has 0 bridgehead atoms. The summed E-state index contributed by atoms with van der Waals surface area (Å²) >= 11 is 6.02. The van der Waals surface area contributed by atoms with E-state index in [-0.39, 0.29) is 0 Å². The number of nitrogens with one attached hydrogen (secondary N) is 1. The normalized spacial score (nSPS) is 17.8. The first-order chi connectivity index (χ1) is 17.9. The topological polar surface area (TPSA) is 101 Å². The first-order valence-corrected chi connectivity index (χ1v) is 13.0. The molecule has 1 aromatic heterocycles. The van der Waals surface area contributed by atoms with Gasteiger partial charge in [0, 0.05) is 54.9 Å². The number of urea groups is 1. The van der Waals surface area contributed by atoms with Gasteiger partial charge in [0.1, 0.15) is 5.75 Å². The third kappa shape index (κ3) is 5.80. The number of piperidine rings is 1. The summed E-state index contributed by atoms with van der Waals surface area (Å²) in [6, 6.07) is 16.7. The molecule has 192 valence electrons. The summed E-state index contributed by atoms with van der Waals surface area (Å²) in [6.07, 6.45) is 6.90. The van der Waals surface area contributed by atoms with Gasteiger partial charge in [0.2, 0.25) is 5.88 Å². The SMILES string of the molecule is NC(=O)NCc1cccc2c1CC(=CCCN1CCC(O)(c3ccc(Cl)cc3)CC1)c1cccnc1O2. The highest BCUT2D eigenvalue weighted by Crippen LogP contribution is 2.39. The van der Waals surface area contributed by atoms with Gasteiger partial charge in [-0.15, -0.1) is 0 Å². The Labute approximate surface area is 221 Å². The van der Waals surface area contributed by atoms with Gasteiger partial charge in [-0.05, 0) is 66.3 Å². The van der Waals surface area contributed by atoms with Crippen molar-refractivity contribution >= 4 is 23.2 Å². The van der Waals surface area contributed by atoms with E-state index in [0.29, 0.717) is 36.7 Å². The summed E-state index contributed by atoms with van der Waals surface area (Å²) < 4.78 is 6.21. The number of carbonyl (C=O) groups excluding carboxylic acids is 1. The van der Waals surface area contributed by atoms with Crippen LogP contribution in [0.5, 0.6) is 11.6 Å². The van der Waals surface area contributed by atoms with Crippen LogP contribution in [0.3, 0.4) is 0 Å². The molecule has 0 unspecified atom stereocenters. The highest BCUT2D eigenvalue weighted by atomic mass is 35.5. The van der Waals surface area contributed by atoms with Crippen LogP contribution in [-0.4, -0.2) is 40.7 Å². The number of fused-ring (bicyclic) bond motifs is 2. The number of allylic oxidation sites excluding steroid dienone is 1. The smallest absolute Gasteiger partial charge is 0.312 e. The fourth-order valence-corrected chi connectivity index (χ4v) is 5.29. The van der Waals surface area contributed by atoms with E-state index in [9.17, 15) is 9.90 Å². The maximum absolute atomic E-state index is 11.3. The van der Waals surface area contributed by atoms with E-state index in [1.54, 1.807) is 6.20 Å². The van der Waals surface area contributed by atoms with Crippen molar-refractivity contribution in [2.45, 2.75) is 37.8 Å². The molecule has 0 spiro atoms. The number of pyridine rings is 1. The molecule has 2 aromatic carbocycles. The van der Waals surface area contributed by atoms with Gasteiger partial charge in [0.05, 0.1) is 5.60 Å². The number of halogens is 1. The van der Waals surface area contributed by atoms with Gasteiger partial charge in [-0.2, -0.15) is 0 Å². The molecule has 1 fully saturated rings. The van der Waals surface area contributed by atoms with Crippen molar-refractivity contribution in [1.29, 1.82) is 0 Å². The summed E-state index contributed by atoms with van der Waals surface area (Å²) in [5, 5.41) is 14.5. The van der Waals surface area contributed by atoms with Gasteiger partial charge < -0.3 is 25.8 Å². The molecule has 1 saturated heterocycles. The zero-order chi connectivity index (χ0) is 25.8. The minimum absolute atomic E-state index is 0.337. The molecular formula is C29H31ClN4O3. The van der Waals surface area contributed by atoms with Crippen molar-refractivity contribution in [3.05, 3.63) is 94.1 Å². The van der Waals surface area contributed by atoms with E-state index in [4.69, 9.17) is 22.1 Å². The van der Waals surface area contributed by atoms with Gasteiger partial charge in [0.15, 0.2) is 0 Å². The summed E-state index contributed by atoms with van der Waals surface area (Å²) in [5.41, 5.74) is 9.54. The van der Waals surface area contributed by atoms with Crippen LogP contribution >= 0.6 is 11.6 Å². The lowest BCUT2D eigenvalue weighted by Crippen LogP contribution is -2.42. The Hall–Kier alpha value is -3.39. The van der Waals surface area contributed by atoms with Crippen LogP contribution in [-0.2, 0) is 18.6 Å². The van der Waals surface area contributed by atoms with Crippen molar-refractivity contribution in [2.75, 3.05) is 19.6 Å². The Morgan fingerprint density at radius 2 is 1.95 bits per heavy atom. The van der Waals surface area contributed by atoms with Crippen LogP contribution in [0, 0.1) is 0 Å². The molecule has 2 aliphatic heterocycles. The number of aromatic nitrogens is 1. The van der Waals surface area contributed by atoms with Crippen molar-refractivity contribution in [2.24, 2.45) is 5.73 Å². The maximum atomic E-state index is 11.3. The van der Waals surface area contributed by atoms with Crippen LogP contribution in [0.1, 0.15) is 41.5 Å². The van der Waals surface area contributed by atoms with Crippen molar-refractivity contribution in [1.82, 2.24) is 15.2 Å². The van der Waals surface area contributed by atoms with Gasteiger partial charge in [-0.1, -0.05) is 41.9 Å². The molecule has 7 nitrogen and oxygen atoms in total. The summed E-state index contributed by atoms with van der Waals surface area (Å²) in [4.78, 5) is 18.2. The number of primary amides is 1. The van der Waals surface area contributed by atoms with E-state index < -0.39 is 11.6 Å². The highest BCUT2D eigenvalue weighted by Gasteiger charge is 2.33. The molecule has 0 radical (unpaired) electrons. The Morgan fingerprint density at radius 1 is 1.16 bits per heavy atom. The largest absolute Gasteiger partial charge is 0.438 e. The number of hydrogen-bond donors (Lipinski definition) is 3. The molecule has 37 heavy (non-hydrogen) atoms. The van der Waals surface area contributed by atoms with Crippen molar-refractivity contribution in [3.63, 3.8) is 0 Å². The third-order valence-corrected chi connectivity index (χ3v) is 7.53. The summed E-state index contributed by atoms with van der Waals surface area (Å²) in [6.45, 7) is 2.89. The number of hydrogen-bond acceptors (Lipinski definition) is 5. The quantitative estimate of drug-likeness (QED) is 0.426. The maximum Gasteiger partial charge on any atom is 0.312 e. The number of benzene rings is 2. The lowest BCUT2D eigenvalue weighted by Gasteiger charge is -2.38. The van der Waals surface area contributed by atoms with E-state index >= 15 is 0 Å². The molecule has 5 rings (SSSR count). The molecule has 0 saturated carbocycles. The molecule has 2 aliphatic rings. The second-order valence-corrected chi connectivity index (χ2v) is 10.1. The second kappa shape index (κ2) is 10.9. The second-order valence-electron chi connectivity index (χ2n) is 9.64. The zero-order valence-corrected chi connectivity index (χ0v) is 21.4. The lowest BCUT2D eigenvalue weighted by atomic mass is 9.84. The molecule has 0 aliphatic carbocycles. The average molecular weight is 519 g/mol. The molecule has 0 atom stereocenters. The van der Waals surface area contributed by atoms with Gasteiger partial charge in [-0.3, -0.25) is 0 Å². The molecular weight excluding hydrogens is 488 g/mol. The van der Waals surface area contributed by atoms with Crippen LogP contribution in [0.2, 0.25) is 5.02 Å². The first-order valence-electron chi connectivity index (χ1n) is 12.6. The van der Waals surface area contributed by atoms with Crippen LogP contribution in [0.4, 0.5) is 4.79 Å². The van der Waals surface area contributed by atoms with E-state index in [2.05, 4.69) is 21.3 Å². The lowest BCUT2D eigenvalue weighted by molar-refractivity contribution is -0.0254. The molecule has 8 heteroatoms. The van der Waals surface area contributed by atoms with E-state index in [1.807, 2.05) is 54.6 Å². The summed E-state index contributed by atoms with van der Waals surface area (Å²) in [7, 11) is 0. The monoisotopic (exact) mass is 518 g/mol. The van der Waals surface area contributed by atoms with E-state index in [0.717, 1.165) is 59.6 Å². The van der Waals surface area contributed by atoms with Crippen molar-refractivity contribution in [3.8, 4) is 11.6 Å². The molecule has 4 N–H and O–H groups in total. The molecule has 2 amide bonds. The first kappa shape index (κ1) is 25.3. The number of likely N-dealkylation sites (tertiary alicyclic amines) is 1. The average Bonchev–Trinajstić information content (AvgIpc) is 3.06. The number of ether oxygens (including phenoxy) is 1. The number of rotatable bonds is 6. The predicted octanol–water partition coefficient (Wildman–Crippen LogP) is 5.01. The fraction of sp³-hybridized carbons (Fsp3) is 0.310. The Balaban J connectivity index is 1.29. The Bertz CT molecular complexity index is 1300. The van der Waals surface area contributed by atoms with Crippen LogP contribution in [0.15, 0.2) is 66.9 Å². The predicted molar refractivity (Wildman–Crippen MR) is 144 cm³/mol. The number of carbonyl (C=O) groups is 1. The van der Waals surface area contributed by atoms with Gasteiger partial charge in [-0.25, -0.2) is 9.78 Å². The molecule has 3 heterocycles. The number of amides is 2. The van der Waals surface area contributed by atoms with Crippen LogP contribution in [0.25, 0.3) is 5.57 Å². The number of aliphatic hydroxyl groups is 1.